The molecule has 0 saturated carbocycles. The summed E-state index contributed by atoms with van der Waals surface area (Å²) in [5.74, 6) is 0.844. The van der Waals surface area contributed by atoms with Crippen LogP contribution in [-0.2, 0) is 0 Å². The lowest BCUT2D eigenvalue weighted by Gasteiger charge is -2.18. The van der Waals surface area contributed by atoms with E-state index < -0.39 is 0 Å². The Bertz CT molecular complexity index is 1280. The van der Waals surface area contributed by atoms with Gasteiger partial charge < -0.3 is 10.2 Å². The number of aromatic nitrogens is 2. The lowest BCUT2D eigenvalue weighted by Crippen LogP contribution is -2.24. The number of hydrogen-bond donors (Lipinski definition) is 1. The standard InChI is InChI=1S/C27H33ClN4S/c1-6-32(7-2)13-9-8-12-29-27-25(30-22-15-18(4)21(28)16-23(22)31-27)26-19(5)20-14-17(3)10-11-24(20)33-26/h10-11,14-16H,6-9,12-13H2,1-5H3,(H,29,31). The maximum atomic E-state index is 6.40. The summed E-state index contributed by atoms with van der Waals surface area (Å²) in [6, 6.07) is 10.6. The molecule has 0 bridgehead atoms. The Kier molecular flexibility index (Phi) is 7.52. The fourth-order valence-electron chi connectivity index (χ4n) is 4.23. The maximum Gasteiger partial charge on any atom is 0.154 e. The van der Waals surface area contributed by atoms with E-state index in [1.807, 2.05) is 19.1 Å². The van der Waals surface area contributed by atoms with Crippen LogP contribution in [0.15, 0.2) is 30.3 Å². The minimum absolute atomic E-state index is 0.725. The van der Waals surface area contributed by atoms with Crippen LogP contribution in [-0.4, -0.2) is 41.0 Å². The molecule has 0 amide bonds. The van der Waals surface area contributed by atoms with Crippen LogP contribution in [0.4, 0.5) is 5.82 Å². The first kappa shape index (κ1) is 23.9. The molecule has 4 aromatic rings. The molecule has 2 heterocycles. The lowest BCUT2D eigenvalue weighted by molar-refractivity contribution is 0.298. The number of hydrogen-bond acceptors (Lipinski definition) is 5. The largest absolute Gasteiger partial charge is 0.368 e. The zero-order valence-corrected chi connectivity index (χ0v) is 21.8. The summed E-state index contributed by atoms with van der Waals surface area (Å²) in [5, 5.41) is 5.63. The zero-order valence-electron chi connectivity index (χ0n) is 20.3. The third kappa shape index (κ3) is 5.16. The monoisotopic (exact) mass is 480 g/mol. The molecule has 0 aliphatic rings. The van der Waals surface area contributed by atoms with E-state index in [0.717, 1.165) is 72.2 Å². The highest BCUT2D eigenvalue weighted by atomic mass is 35.5. The number of nitrogens with zero attached hydrogens (tertiary/aromatic N) is 3. The molecule has 0 spiro atoms. The third-order valence-corrected chi connectivity index (χ3v) is 8.03. The molecular weight excluding hydrogens is 448 g/mol. The van der Waals surface area contributed by atoms with Crippen molar-refractivity contribution in [2.75, 3.05) is 31.5 Å². The summed E-state index contributed by atoms with van der Waals surface area (Å²) >= 11 is 8.20. The van der Waals surface area contributed by atoms with Gasteiger partial charge in [-0.3, -0.25) is 0 Å². The molecule has 0 unspecified atom stereocenters. The molecule has 0 atom stereocenters. The van der Waals surface area contributed by atoms with E-state index in [-0.39, 0.29) is 0 Å². The van der Waals surface area contributed by atoms with Gasteiger partial charge in [0.15, 0.2) is 5.82 Å². The fourth-order valence-corrected chi connectivity index (χ4v) is 5.57. The first-order valence-electron chi connectivity index (χ1n) is 11.9. The highest BCUT2D eigenvalue weighted by Gasteiger charge is 2.18. The van der Waals surface area contributed by atoms with E-state index in [9.17, 15) is 0 Å². The molecule has 2 aromatic carbocycles. The molecule has 6 heteroatoms. The van der Waals surface area contributed by atoms with Gasteiger partial charge in [0.25, 0.3) is 0 Å². The van der Waals surface area contributed by atoms with Gasteiger partial charge in [-0.15, -0.1) is 11.3 Å². The van der Waals surface area contributed by atoms with Crippen molar-refractivity contribution >= 4 is 49.9 Å². The number of anilines is 1. The molecule has 0 aliphatic carbocycles. The SMILES string of the molecule is CCN(CC)CCCCNc1nc2cc(Cl)c(C)cc2nc1-c1sc2ccc(C)cc2c1C. The van der Waals surface area contributed by atoms with E-state index in [2.05, 4.69) is 56.1 Å². The first-order chi connectivity index (χ1) is 15.9. The highest BCUT2D eigenvalue weighted by Crippen LogP contribution is 2.41. The van der Waals surface area contributed by atoms with Crippen molar-refractivity contribution in [2.45, 2.75) is 47.5 Å². The number of benzene rings is 2. The Morgan fingerprint density at radius 3 is 2.48 bits per heavy atom. The normalized spacial score (nSPS) is 11.7. The van der Waals surface area contributed by atoms with Gasteiger partial charge in [-0.1, -0.05) is 43.1 Å². The van der Waals surface area contributed by atoms with Crippen LogP contribution in [0.1, 0.15) is 43.4 Å². The van der Waals surface area contributed by atoms with Crippen LogP contribution in [0.5, 0.6) is 0 Å². The summed E-state index contributed by atoms with van der Waals surface area (Å²) in [6.07, 6.45) is 2.26. The summed E-state index contributed by atoms with van der Waals surface area (Å²) in [6.45, 7) is 15.0. The van der Waals surface area contributed by atoms with Gasteiger partial charge in [0, 0.05) is 16.3 Å². The van der Waals surface area contributed by atoms with Crippen molar-refractivity contribution in [1.82, 2.24) is 14.9 Å². The van der Waals surface area contributed by atoms with Crippen molar-refractivity contribution in [1.29, 1.82) is 0 Å². The van der Waals surface area contributed by atoms with E-state index in [1.54, 1.807) is 11.3 Å². The Balaban J connectivity index is 1.69. The Morgan fingerprint density at radius 1 is 0.970 bits per heavy atom. The van der Waals surface area contributed by atoms with Gasteiger partial charge in [0.2, 0.25) is 0 Å². The number of fused-ring (bicyclic) bond motifs is 2. The third-order valence-electron chi connectivity index (χ3n) is 6.34. The second-order valence-corrected chi connectivity index (χ2v) is 10.2. The van der Waals surface area contributed by atoms with Gasteiger partial charge in [0.05, 0.1) is 15.9 Å². The maximum absolute atomic E-state index is 6.40. The molecule has 1 N–H and O–H groups in total. The number of rotatable bonds is 9. The fraction of sp³-hybridized carbons (Fsp3) is 0.407. The summed E-state index contributed by atoms with van der Waals surface area (Å²) in [7, 11) is 0. The molecule has 33 heavy (non-hydrogen) atoms. The molecule has 4 rings (SSSR count). The molecule has 0 saturated heterocycles. The van der Waals surface area contributed by atoms with E-state index >= 15 is 0 Å². The lowest BCUT2D eigenvalue weighted by atomic mass is 10.1. The van der Waals surface area contributed by atoms with Crippen LogP contribution >= 0.6 is 22.9 Å². The number of nitrogens with one attached hydrogen (secondary N) is 1. The second-order valence-electron chi connectivity index (χ2n) is 8.73. The molecule has 4 nitrogen and oxygen atoms in total. The second kappa shape index (κ2) is 10.4. The summed E-state index contributed by atoms with van der Waals surface area (Å²) < 4.78 is 1.28. The van der Waals surface area contributed by atoms with E-state index in [0.29, 0.717) is 0 Å². The number of halogens is 1. The number of thiophene rings is 1. The Morgan fingerprint density at radius 2 is 1.73 bits per heavy atom. The van der Waals surface area contributed by atoms with Gasteiger partial charge in [0.1, 0.15) is 5.69 Å². The van der Waals surface area contributed by atoms with Gasteiger partial charge in [-0.25, -0.2) is 9.97 Å². The predicted octanol–water partition coefficient (Wildman–Crippen LogP) is 7.62. The van der Waals surface area contributed by atoms with Crippen LogP contribution in [0.3, 0.4) is 0 Å². The topological polar surface area (TPSA) is 41.0 Å². The van der Waals surface area contributed by atoms with Crippen LogP contribution in [0.25, 0.3) is 31.7 Å². The average Bonchev–Trinajstić information content (AvgIpc) is 3.12. The van der Waals surface area contributed by atoms with Crippen molar-refractivity contribution in [2.24, 2.45) is 0 Å². The van der Waals surface area contributed by atoms with E-state index in [1.165, 1.54) is 26.1 Å². The molecular formula is C27H33ClN4S. The molecule has 174 valence electrons. The van der Waals surface area contributed by atoms with Gasteiger partial charge in [-0.05, 0) is 88.0 Å². The van der Waals surface area contributed by atoms with Crippen molar-refractivity contribution in [3.63, 3.8) is 0 Å². The molecule has 0 fully saturated rings. The van der Waals surface area contributed by atoms with Crippen molar-refractivity contribution in [3.8, 4) is 10.6 Å². The minimum atomic E-state index is 0.725. The zero-order chi connectivity index (χ0) is 23.5. The average molecular weight is 481 g/mol. The molecule has 0 aliphatic heterocycles. The van der Waals surface area contributed by atoms with Crippen molar-refractivity contribution < 1.29 is 0 Å². The number of unbranched alkanes of at least 4 members (excludes halogenated alkanes) is 1. The quantitative estimate of drug-likeness (QED) is 0.250. The summed E-state index contributed by atoms with van der Waals surface area (Å²) in [5.41, 5.74) is 6.20. The van der Waals surface area contributed by atoms with Gasteiger partial charge in [-0.2, -0.15) is 0 Å². The Hall–Kier alpha value is -2.21. The van der Waals surface area contributed by atoms with E-state index in [4.69, 9.17) is 21.6 Å². The number of aryl methyl sites for hydroxylation is 3. The molecule has 0 radical (unpaired) electrons. The van der Waals surface area contributed by atoms with Crippen LogP contribution in [0.2, 0.25) is 5.02 Å². The Labute approximate surface area is 206 Å². The predicted molar refractivity (Wildman–Crippen MR) is 145 cm³/mol. The van der Waals surface area contributed by atoms with Crippen LogP contribution in [0, 0.1) is 20.8 Å². The van der Waals surface area contributed by atoms with Crippen LogP contribution < -0.4 is 5.32 Å². The first-order valence-corrected chi connectivity index (χ1v) is 13.0. The smallest absolute Gasteiger partial charge is 0.154 e. The van der Waals surface area contributed by atoms with Gasteiger partial charge >= 0.3 is 0 Å². The highest BCUT2D eigenvalue weighted by molar-refractivity contribution is 7.22. The van der Waals surface area contributed by atoms with Crippen molar-refractivity contribution in [3.05, 3.63) is 52.0 Å². The minimum Gasteiger partial charge on any atom is -0.368 e. The summed E-state index contributed by atoms with van der Waals surface area (Å²) in [4.78, 5) is 13.7. The molecule has 2 aromatic heterocycles.